The minimum Gasteiger partial charge on any atom is -0.489 e. The molecular formula is C21H23FN2O2. The Morgan fingerprint density at radius 1 is 1.12 bits per heavy atom. The smallest absolute Gasteiger partial charge is 0.254 e. The summed E-state index contributed by atoms with van der Waals surface area (Å²) < 4.78 is 19.5. The highest BCUT2D eigenvalue weighted by Gasteiger charge is 2.23. The van der Waals surface area contributed by atoms with Crippen LogP contribution in [0.1, 0.15) is 17.3 Å². The molecule has 26 heavy (non-hydrogen) atoms. The fraction of sp³-hybridized carbons (Fsp3) is 0.286. The van der Waals surface area contributed by atoms with Gasteiger partial charge in [-0.2, -0.15) is 0 Å². The van der Waals surface area contributed by atoms with Crippen molar-refractivity contribution in [2.45, 2.75) is 6.92 Å². The lowest BCUT2D eigenvalue weighted by atomic mass is 10.1. The summed E-state index contributed by atoms with van der Waals surface area (Å²) in [5.41, 5.74) is 2.12. The van der Waals surface area contributed by atoms with Crippen LogP contribution in [0.5, 0.6) is 5.75 Å². The number of rotatable bonds is 5. The highest BCUT2D eigenvalue weighted by Crippen LogP contribution is 2.21. The molecule has 2 aromatic rings. The summed E-state index contributed by atoms with van der Waals surface area (Å²) in [5.74, 6) is 0.400. The van der Waals surface area contributed by atoms with E-state index in [1.165, 1.54) is 6.07 Å². The van der Waals surface area contributed by atoms with Gasteiger partial charge in [-0.3, -0.25) is 4.79 Å². The molecule has 0 aromatic heterocycles. The summed E-state index contributed by atoms with van der Waals surface area (Å²) in [5, 5.41) is 0. The monoisotopic (exact) mass is 354 g/mol. The molecule has 0 unspecified atom stereocenters. The van der Waals surface area contributed by atoms with E-state index in [2.05, 4.69) is 6.58 Å². The Balaban J connectivity index is 1.62. The molecule has 4 nitrogen and oxygen atoms in total. The van der Waals surface area contributed by atoms with Gasteiger partial charge in [-0.05, 0) is 42.8 Å². The Morgan fingerprint density at radius 3 is 2.54 bits per heavy atom. The standard InChI is InChI=1S/C21H23FN2O2/c1-16(2)15-26-18-7-5-6-17(14-18)21(25)24-12-10-23(11-13-24)20-9-4-3-8-19(20)22/h3-9,14H,1,10-13,15H2,2H3. The molecule has 1 fully saturated rings. The number of para-hydroxylation sites is 1. The van der Waals surface area contributed by atoms with Crippen LogP contribution < -0.4 is 9.64 Å². The lowest BCUT2D eigenvalue weighted by Gasteiger charge is -2.36. The SMILES string of the molecule is C=C(C)COc1cccc(C(=O)N2CCN(c3ccccc3F)CC2)c1. The average molecular weight is 354 g/mol. The Hall–Kier alpha value is -2.82. The van der Waals surface area contributed by atoms with Gasteiger partial charge in [0.1, 0.15) is 18.2 Å². The summed E-state index contributed by atoms with van der Waals surface area (Å²) in [4.78, 5) is 16.5. The fourth-order valence-corrected chi connectivity index (χ4v) is 2.97. The number of benzene rings is 2. The van der Waals surface area contributed by atoms with Gasteiger partial charge >= 0.3 is 0 Å². The topological polar surface area (TPSA) is 32.8 Å². The molecule has 1 aliphatic heterocycles. The Morgan fingerprint density at radius 2 is 1.85 bits per heavy atom. The van der Waals surface area contributed by atoms with Crippen molar-refractivity contribution < 1.29 is 13.9 Å². The zero-order chi connectivity index (χ0) is 18.5. The molecule has 3 rings (SSSR count). The number of nitrogens with zero attached hydrogens (tertiary/aromatic N) is 2. The van der Waals surface area contributed by atoms with E-state index in [0.29, 0.717) is 49.8 Å². The van der Waals surface area contributed by atoms with E-state index in [4.69, 9.17) is 4.74 Å². The van der Waals surface area contributed by atoms with Gasteiger partial charge in [0.25, 0.3) is 5.91 Å². The first-order chi connectivity index (χ1) is 12.5. The van der Waals surface area contributed by atoms with Crippen molar-refractivity contribution in [2.24, 2.45) is 0 Å². The number of amides is 1. The summed E-state index contributed by atoms with van der Waals surface area (Å²) in [6.45, 7) is 8.47. The van der Waals surface area contributed by atoms with Gasteiger partial charge < -0.3 is 14.5 Å². The molecule has 0 bridgehead atoms. The number of hydrogen-bond acceptors (Lipinski definition) is 3. The van der Waals surface area contributed by atoms with Gasteiger partial charge in [0.2, 0.25) is 0 Å². The third-order valence-electron chi connectivity index (χ3n) is 4.33. The number of hydrogen-bond donors (Lipinski definition) is 0. The second-order valence-electron chi connectivity index (χ2n) is 6.50. The fourth-order valence-electron chi connectivity index (χ4n) is 2.97. The highest BCUT2D eigenvalue weighted by atomic mass is 19.1. The number of ether oxygens (including phenoxy) is 1. The van der Waals surface area contributed by atoms with E-state index in [0.717, 1.165) is 5.57 Å². The maximum Gasteiger partial charge on any atom is 0.254 e. The maximum atomic E-state index is 13.9. The van der Waals surface area contributed by atoms with Gasteiger partial charge in [-0.15, -0.1) is 0 Å². The van der Waals surface area contributed by atoms with Gasteiger partial charge in [0.15, 0.2) is 0 Å². The van der Waals surface area contributed by atoms with Crippen LogP contribution in [-0.4, -0.2) is 43.6 Å². The molecule has 0 radical (unpaired) electrons. The molecule has 1 heterocycles. The maximum absolute atomic E-state index is 13.9. The first-order valence-corrected chi connectivity index (χ1v) is 8.70. The molecule has 0 spiro atoms. The van der Waals surface area contributed by atoms with Crippen LogP contribution in [0.3, 0.4) is 0 Å². The van der Waals surface area contributed by atoms with E-state index >= 15 is 0 Å². The van der Waals surface area contributed by atoms with Gasteiger partial charge in [-0.25, -0.2) is 4.39 Å². The highest BCUT2D eigenvalue weighted by molar-refractivity contribution is 5.94. The lowest BCUT2D eigenvalue weighted by molar-refractivity contribution is 0.0746. The van der Waals surface area contributed by atoms with Crippen LogP contribution in [0.15, 0.2) is 60.7 Å². The van der Waals surface area contributed by atoms with Gasteiger partial charge in [-0.1, -0.05) is 24.8 Å². The van der Waals surface area contributed by atoms with Crippen LogP contribution in [0.25, 0.3) is 0 Å². The quantitative estimate of drug-likeness (QED) is 0.767. The van der Waals surface area contributed by atoms with Gasteiger partial charge in [0.05, 0.1) is 5.69 Å². The molecular weight excluding hydrogens is 331 g/mol. The Labute approximate surface area is 153 Å². The molecule has 0 saturated carbocycles. The molecule has 136 valence electrons. The number of carbonyl (C=O) groups excluding carboxylic acids is 1. The van der Waals surface area contributed by atoms with E-state index in [-0.39, 0.29) is 11.7 Å². The molecule has 0 atom stereocenters. The van der Waals surface area contributed by atoms with Crippen LogP contribution in [0, 0.1) is 5.82 Å². The van der Waals surface area contributed by atoms with E-state index < -0.39 is 0 Å². The van der Waals surface area contributed by atoms with Crippen molar-refractivity contribution in [3.05, 3.63) is 72.1 Å². The summed E-state index contributed by atoms with van der Waals surface area (Å²) in [7, 11) is 0. The molecule has 2 aromatic carbocycles. The van der Waals surface area contributed by atoms with Crippen LogP contribution in [0.2, 0.25) is 0 Å². The van der Waals surface area contributed by atoms with Crippen LogP contribution in [-0.2, 0) is 0 Å². The van der Waals surface area contributed by atoms with Crippen molar-refractivity contribution in [1.82, 2.24) is 4.90 Å². The van der Waals surface area contributed by atoms with E-state index in [1.807, 2.05) is 30.0 Å². The average Bonchev–Trinajstić information content (AvgIpc) is 2.66. The zero-order valence-corrected chi connectivity index (χ0v) is 15.0. The minimum atomic E-state index is -0.227. The molecule has 0 aliphatic carbocycles. The first-order valence-electron chi connectivity index (χ1n) is 8.70. The largest absolute Gasteiger partial charge is 0.489 e. The third-order valence-corrected chi connectivity index (χ3v) is 4.33. The van der Waals surface area contributed by atoms with Crippen molar-refractivity contribution in [3.63, 3.8) is 0 Å². The van der Waals surface area contributed by atoms with Crippen molar-refractivity contribution in [3.8, 4) is 5.75 Å². The van der Waals surface area contributed by atoms with E-state index in [1.54, 1.807) is 29.2 Å². The van der Waals surface area contributed by atoms with Crippen LogP contribution in [0.4, 0.5) is 10.1 Å². The second-order valence-corrected chi connectivity index (χ2v) is 6.50. The summed E-state index contributed by atoms with van der Waals surface area (Å²) >= 11 is 0. The predicted molar refractivity (Wildman–Crippen MR) is 101 cm³/mol. The summed E-state index contributed by atoms with van der Waals surface area (Å²) in [6, 6.07) is 13.9. The third kappa shape index (κ3) is 4.23. The predicted octanol–water partition coefficient (Wildman–Crippen LogP) is 3.74. The minimum absolute atomic E-state index is 0.0287. The number of halogens is 1. The van der Waals surface area contributed by atoms with Crippen molar-refractivity contribution in [2.75, 3.05) is 37.7 Å². The molecule has 1 aliphatic rings. The number of anilines is 1. The van der Waals surface area contributed by atoms with Gasteiger partial charge in [0, 0.05) is 31.7 Å². The normalized spacial score (nSPS) is 14.2. The molecule has 0 N–H and O–H groups in total. The Kier molecular flexibility index (Phi) is 5.56. The molecule has 5 heteroatoms. The van der Waals surface area contributed by atoms with Crippen LogP contribution >= 0.6 is 0 Å². The second kappa shape index (κ2) is 8.04. The lowest BCUT2D eigenvalue weighted by Crippen LogP contribution is -2.49. The Bertz CT molecular complexity index is 798. The van der Waals surface area contributed by atoms with E-state index in [9.17, 15) is 9.18 Å². The van der Waals surface area contributed by atoms with Crippen molar-refractivity contribution in [1.29, 1.82) is 0 Å². The first kappa shape index (κ1) is 18.0. The number of carbonyl (C=O) groups is 1. The zero-order valence-electron chi connectivity index (χ0n) is 15.0. The molecule has 1 saturated heterocycles. The summed E-state index contributed by atoms with van der Waals surface area (Å²) in [6.07, 6.45) is 0. The molecule has 1 amide bonds. The number of piperazine rings is 1. The van der Waals surface area contributed by atoms with Crippen molar-refractivity contribution >= 4 is 11.6 Å².